The number of hydrogen-bond donors (Lipinski definition) is 3. The van der Waals surface area contributed by atoms with Gasteiger partial charge in [-0.2, -0.15) is 0 Å². The first-order chi connectivity index (χ1) is 11.6. The van der Waals surface area contributed by atoms with E-state index in [9.17, 15) is 9.90 Å². The van der Waals surface area contributed by atoms with Crippen molar-refractivity contribution >= 4 is 11.8 Å². The third-order valence-electron chi connectivity index (χ3n) is 4.31. The minimum atomic E-state index is -0.704. The molecular formula is C19H22N2O3. The van der Waals surface area contributed by atoms with Crippen molar-refractivity contribution in [3.8, 4) is 0 Å². The van der Waals surface area contributed by atoms with E-state index in [-0.39, 0.29) is 12.6 Å². The fourth-order valence-electron chi connectivity index (χ4n) is 2.97. The summed E-state index contributed by atoms with van der Waals surface area (Å²) in [5.41, 5.74) is 9.39. The molecule has 1 aliphatic carbocycles. The molecular weight excluding hydrogens is 304 g/mol. The second-order valence-corrected chi connectivity index (χ2v) is 6.10. The molecule has 5 heteroatoms. The highest BCUT2D eigenvalue weighted by Gasteiger charge is 2.23. The van der Waals surface area contributed by atoms with Crippen LogP contribution in [0.2, 0.25) is 0 Å². The molecule has 5 nitrogen and oxygen atoms in total. The van der Waals surface area contributed by atoms with Gasteiger partial charge in [-0.25, -0.2) is 4.79 Å². The second kappa shape index (κ2) is 7.47. The van der Waals surface area contributed by atoms with Crippen LogP contribution in [0.4, 0.5) is 10.5 Å². The van der Waals surface area contributed by atoms with Crippen molar-refractivity contribution < 1.29 is 14.6 Å². The maximum absolute atomic E-state index is 11.9. The van der Waals surface area contributed by atoms with Gasteiger partial charge >= 0.3 is 6.09 Å². The summed E-state index contributed by atoms with van der Waals surface area (Å²) >= 11 is 0. The standard InChI is InChI=1S/C19H22N2O3/c20-17-8-4-7-14-9-10-15(11-16(14)18(17)22)21-19(23)24-12-13-5-2-1-3-6-13/h1-3,5-6,9-11,17-18,22H,4,7-8,12,20H2,(H,21,23)/t17-,18+/m0/s1. The maximum Gasteiger partial charge on any atom is 0.411 e. The Morgan fingerprint density at radius 1 is 1.25 bits per heavy atom. The first kappa shape index (κ1) is 16.5. The zero-order valence-corrected chi connectivity index (χ0v) is 13.4. The van der Waals surface area contributed by atoms with Crippen molar-refractivity contribution in [1.82, 2.24) is 0 Å². The summed E-state index contributed by atoms with van der Waals surface area (Å²) in [6, 6.07) is 14.8. The molecule has 0 heterocycles. The Morgan fingerprint density at radius 3 is 2.83 bits per heavy atom. The number of amides is 1. The van der Waals surface area contributed by atoms with Crippen LogP contribution in [-0.2, 0) is 17.8 Å². The van der Waals surface area contributed by atoms with E-state index >= 15 is 0 Å². The Labute approximate surface area is 141 Å². The molecule has 1 aliphatic rings. The number of aliphatic hydroxyl groups is 1. The number of aryl methyl sites for hydroxylation is 1. The van der Waals surface area contributed by atoms with Gasteiger partial charge in [0.25, 0.3) is 0 Å². The normalized spacial score (nSPS) is 19.9. The molecule has 0 unspecified atom stereocenters. The summed E-state index contributed by atoms with van der Waals surface area (Å²) in [5, 5.41) is 13.1. The molecule has 0 bridgehead atoms. The molecule has 1 amide bonds. The molecule has 0 saturated carbocycles. The van der Waals surface area contributed by atoms with Crippen molar-refractivity contribution in [3.05, 3.63) is 65.2 Å². The van der Waals surface area contributed by atoms with E-state index < -0.39 is 12.2 Å². The van der Waals surface area contributed by atoms with Gasteiger partial charge in [0.05, 0.1) is 6.10 Å². The van der Waals surface area contributed by atoms with Gasteiger partial charge < -0.3 is 15.6 Å². The number of anilines is 1. The van der Waals surface area contributed by atoms with Crippen LogP contribution in [0.1, 0.15) is 35.6 Å². The van der Waals surface area contributed by atoms with Crippen LogP contribution < -0.4 is 11.1 Å². The summed E-state index contributed by atoms with van der Waals surface area (Å²) in [6.45, 7) is 0.213. The Kier molecular flexibility index (Phi) is 5.13. The fourth-order valence-corrected chi connectivity index (χ4v) is 2.97. The molecule has 24 heavy (non-hydrogen) atoms. The third kappa shape index (κ3) is 3.93. The van der Waals surface area contributed by atoms with E-state index in [1.165, 1.54) is 0 Å². The predicted molar refractivity (Wildman–Crippen MR) is 92.6 cm³/mol. The highest BCUT2D eigenvalue weighted by atomic mass is 16.5. The number of benzene rings is 2. The number of nitrogens with two attached hydrogens (primary N) is 1. The van der Waals surface area contributed by atoms with Crippen molar-refractivity contribution in [3.63, 3.8) is 0 Å². The first-order valence-corrected chi connectivity index (χ1v) is 8.17. The monoisotopic (exact) mass is 326 g/mol. The van der Waals surface area contributed by atoms with Gasteiger partial charge in [0.2, 0.25) is 0 Å². The molecule has 2 aromatic carbocycles. The average molecular weight is 326 g/mol. The van der Waals surface area contributed by atoms with Crippen LogP contribution >= 0.6 is 0 Å². The van der Waals surface area contributed by atoms with Crippen LogP contribution in [0.3, 0.4) is 0 Å². The highest BCUT2D eigenvalue weighted by Crippen LogP contribution is 2.30. The molecule has 2 atom stereocenters. The molecule has 0 radical (unpaired) electrons. The fraction of sp³-hybridized carbons (Fsp3) is 0.316. The minimum Gasteiger partial charge on any atom is -0.444 e. The number of ether oxygens (including phenoxy) is 1. The average Bonchev–Trinajstić information content (AvgIpc) is 2.74. The number of rotatable bonds is 3. The van der Waals surface area contributed by atoms with Gasteiger partial charge in [-0.1, -0.05) is 36.4 Å². The summed E-state index contributed by atoms with van der Waals surface area (Å²) in [4.78, 5) is 11.9. The van der Waals surface area contributed by atoms with Crippen molar-refractivity contribution in [1.29, 1.82) is 0 Å². The largest absolute Gasteiger partial charge is 0.444 e. The van der Waals surface area contributed by atoms with E-state index in [0.717, 1.165) is 36.0 Å². The van der Waals surface area contributed by atoms with E-state index in [2.05, 4.69) is 5.32 Å². The Morgan fingerprint density at radius 2 is 2.04 bits per heavy atom. The van der Waals surface area contributed by atoms with Gasteiger partial charge in [0.15, 0.2) is 0 Å². The van der Waals surface area contributed by atoms with E-state index in [0.29, 0.717) is 5.69 Å². The van der Waals surface area contributed by atoms with Crippen LogP contribution in [0.5, 0.6) is 0 Å². The van der Waals surface area contributed by atoms with Gasteiger partial charge in [-0.15, -0.1) is 0 Å². The minimum absolute atomic E-state index is 0.213. The topological polar surface area (TPSA) is 84.6 Å². The molecule has 3 rings (SSSR count). The second-order valence-electron chi connectivity index (χ2n) is 6.10. The van der Waals surface area contributed by atoms with Crippen molar-refractivity contribution in [2.75, 3.05) is 5.32 Å². The molecule has 0 spiro atoms. The molecule has 0 aromatic heterocycles. The van der Waals surface area contributed by atoms with Gasteiger partial charge in [0, 0.05) is 11.7 Å². The van der Waals surface area contributed by atoms with Crippen LogP contribution in [0.25, 0.3) is 0 Å². The zero-order valence-electron chi connectivity index (χ0n) is 13.4. The number of carbonyl (C=O) groups excluding carboxylic acids is 1. The summed E-state index contributed by atoms with van der Waals surface area (Å²) in [6.07, 6.45) is 1.41. The summed E-state index contributed by atoms with van der Waals surface area (Å²) in [7, 11) is 0. The van der Waals surface area contributed by atoms with Gasteiger partial charge in [0.1, 0.15) is 6.61 Å². The van der Waals surface area contributed by atoms with E-state index in [4.69, 9.17) is 10.5 Å². The lowest BCUT2D eigenvalue weighted by molar-refractivity contribution is 0.144. The van der Waals surface area contributed by atoms with Gasteiger partial charge in [-0.05, 0) is 48.1 Å². The predicted octanol–water partition coefficient (Wildman–Crippen LogP) is 3.13. The molecule has 4 N–H and O–H groups in total. The van der Waals surface area contributed by atoms with Crippen molar-refractivity contribution in [2.24, 2.45) is 5.73 Å². The Bertz CT molecular complexity index is 703. The van der Waals surface area contributed by atoms with Crippen LogP contribution in [0, 0.1) is 0 Å². The van der Waals surface area contributed by atoms with Crippen LogP contribution in [0.15, 0.2) is 48.5 Å². The summed E-state index contributed by atoms with van der Waals surface area (Å²) in [5.74, 6) is 0. The number of nitrogens with one attached hydrogen (secondary N) is 1. The lowest BCUT2D eigenvalue weighted by atomic mass is 9.98. The Balaban J connectivity index is 1.65. The van der Waals surface area contributed by atoms with Crippen LogP contribution in [-0.4, -0.2) is 17.2 Å². The van der Waals surface area contributed by atoms with Crippen molar-refractivity contribution in [2.45, 2.75) is 38.0 Å². The van der Waals surface area contributed by atoms with Gasteiger partial charge in [-0.3, -0.25) is 5.32 Å². The molecule has 0 saturated heterocycles. The first-order valence-electron chi connectivity index (χ1n) is 8.17. The highest BCUT2D eigenvalue weighted by molar-refractivity contribution is 5.84. The smallest absolute Gasteiger partial charge is 0.411 e. The quantitative estimate of drug-likeness (QED) is 0.757. The number of hydrogen-bond acceptors (Lipinski definition) is 4. The lowest BCUT2D eigenvalue weighted by Gasteiger charge is -2.18. The lowest BCUT2D eigenvalue weighted by Crippen LogP contribution is -2.27. The Hall–Kier alpha value is -2.37. The zero-order chi connectivity index (χ0) is 16.9. The molecule has 0 aliphatic heterocycles. The number of carbonyl (C=O) groups is 1. The number of fused-ring (bicyclic) bond motifs is 1. The SMILES string of the molecule is N[C@H]1CCCc2ccc(NC(=O)OCc3ccccc3)cc2[C@H]1O. The molecule has 2 aromatic rings. The number of aliphatic hydroxyl groups excluding tert-OH is 1. The van der Waals surface area contributed by atoms with E-state index in [1.54, 1.807) is 6.07 Å². The maximum atomic E-state index is 11.9. The molecule has 0 fully saturated rings. The summed E-state index contributed by atoms with van der Waals surface area (Å²) < 4.78 is 5.21. The third-order valence-corrected chi connectivity index (χ3v) is 4.31. The molecule has 126 valence electrons. The van der Waals surface area contributed by atoms with E-state index in [1.807, 2.05) is 42.5 Å².